The summed E-state index contributed by atoms with van der Waals surface area (Å²) in [5, 5.41) is 15.5. The molecule has 0 aromatic carbocycles. The van der Waals surface area contributed by atoms with Crippen LogP contribution in [0.1, 0.15) is 10.7 Å². The first-order chi connectivity index (χ1) is 7.31. The van der Waals surface area contributed by atoms with Crippen molar-refractivity contribution in [2.75, 3.05) is 5.73 Å². The van der Waals surface area contributed by atoms with E-state index >= 15 is 0 Å². The quantitative estimate of drug-likeness (QED) is 0.714. The van der Waals surface area contributed by atoms with Gasteiger partial charge in [-0.2, -0.15) is 9.61 Å². The van der Waals surface area contributed by atoms with Crippen LogP contribution in [0.15, 0.2) is 11.7 Å². The van der Waals surface area contributed by atoms with Crippen molar-refractivity contribution < 1.29 is 0 Å². The molecule has 0 saturated heterocycles. The van der Waals surface area contributed by atoms with E-state index in [1.54, 1.807) is 10.8 Å². The number of rotatable bonds is 2. The number of hydrogen-bond acceptors (Lipinski definition) is 7. The predicted octanol–water partition coefficient (Wildman–Crippen LogP) is 0.815. The smallest absolute Gasteiger partial charge is 0.234 e. The number of nitrogens with two attached hydrogens (primary N) is 1. The molecule has 0 atom stereocenters. The maximum Gasteiger partial charge on any atom is 0.234 e. The van der Waals surface area contributed by atoms with E-state index in [2.05, 4.69) is 20.3 Å². The molecule has 0 aliphatic heterocycles. The minimum Gasteiger partial charge on any atom is -0.375 e. The predicted molar refractivity (Wildman–Crippen MR) is 58.0 cm³/mol. The number of nitrogen functional groups attached to an aromatic ring is 1. The van der Waals surface area contributed by atoms with Gasteiger partial charge in [0.15, 0.2) is 5.13 Å². The number of fused-ring (bicyclic) bond motifs is 1. The molecule has 15 heavy (non-hydrogen) atoms. The van der Waals surface area contributed by atoms with Crippen LogP contribution < -0.4 is 5.73 Å². The molecule has 3 aromatic heterocycles. The lowest BCUT2D eigenvalue weighted by Crippen LogP contribution is -1.90. The molecule has 0 amide bonds. The summed E-state index contributed by atoms with van der Waals surface area (Å²) in [6, 6.07) is 0. The van der Waals surface area contributed by atoms with Crippen LogP contribution in [0.2, 0.25) is 0 Å². The van der Waals surface area contributed by atoms with E-state index in [0.29, 0.717) is 11.6 Å². The molecular weight excluding hydrogens is 232 g/mol. The van der Waals surface area contributed by atoms with Gasteiger partial charge in [-0.05, 0) is 0 Å². The molecule has 3 rings (SSSR count). The second kappa shape index (κ2) is 3.24. The van der Waals surface area contributed by atoms with Crippen LogP contribution >= 0.6 is 22.7 Å². The van der Waals surface area contributed by atoms with Crippen LogP contribution in [0.4, 0.5) is 5.13 Å². The van der Waals surface area contributed by atoms with Crippen molar-refractivity contribution >= 4 is 32.8 Å². The van der Waals surface area contributed by atoms with Gasteiger partial charge in [0.25, 0.3) is 0 Å². The Labute approximate surface area is 92.4 Å². The zero-order valence-corrected chi connectivity index (χ0v) is 9.12. The molecule has 0 aliphatic rings. The molecule has 0 aliphatic carbocycles. The Morgan fingerprint density at radius 2 is 2.40 bits per heavy atom. The fourth-order valence-corrected chi connectivity index (χ4v) is 2.62. The second-order valence-corrected chi connectivity index (χ2v) is 4.84. The lowest BCUT2D eigenvalue weighted by atomic mass is 10.4. The van der Waals surface area contributed by atoms with E-state index in [9.17, 15) is 0 Å². The van der Waals surface area contributed by atoms with E-state index < -0.39 is 0 Å². The highest BCUT2D eigenvalue weighted by atomic mass is 32.1. The van der Waals surface area contributed by atoms with E-state index in [4.69, 9.17) is 5.73 Å². The summed E-state index contributed by atoms with van der Waals surface area (Å²) in [5.41, 5.74) is 6.50. The molecule has 2 N–H and O–H groups in total. The first-order valence-electron chi connectivity index (χ1n) is 4.17. The van der Waals surface area contributed by atoms with Gasteiger partial charge in [0, 0.05) is 11.8 Å². The fourth-order valence-electron chi connectivity index (χ4n) is 1.23. The molecule has 0 bridgehead atoms. The van der Waals surface area contributed by atoms with Gasteiger partial charge in [0.05, 0.1) is 5.69 Å². The van der Waals surface area contributed by atoms with Crippen molar-refractivity contribution in [2.45, 2.75) is 6.42 Å². The third-order valence-electron chi connectivity index (χ3n) is 1.83. The van der Waals surface area contributed by atoms with Gasteiger partial charge in [-0.1, -0.05) is 11.3 Å². The highest BCUT2D eigenvalue weighted by Crippen LogP contribution is 2.18. The Bertz CT molecular complexity index is 565. The van der Waals surface area contributed by atoms with Crippen molar-refractivity contribution in [1.29, 1.82) is 0 Å². The maximum absolute atomic E-state index is 5.55. The lowest BCUT2D eigenvalue weighted by Gasteiger charge is -1.88. The molecule has 0 saturated carbocycles. The fraction of sp³-hybridized carbons (Fsp3) is 0.143. The number of aromatic nitrogens is 5. The molecule has 6 nitrogen and oxygen atoms in total. The normalized spacial score (nSPS) is 11.2. The summed E-state index contributed by atoms with van der Waals surface area (Å²) in [6.45, 7) is 0. The third kappa shape index (κ3) is 1.57. The summed E-state index contributed by atoms with van der Waals surface area (Å²) in [6.07, 6.45) is 2.28. The monoisotopic (exact) mass is 238 g/mol. The van der Waals surface area contributed by atoms with Gasteiger partial charge in [0.1, 0.15) is 11.3 Å². The summed E-state index contributed by atoms with van der Waals surface area (Å²) in [4.78, 5) is 4.98. The van der Waals surface area contributed by atoms with E-state index in [-0.39, 0.29) is 0 Å². The lowest BCUT2D eigenvalue weighted by molar-refractivity contribution is 0.903. The zero-order chi connectivity index (χ0) is 10.3. The summed E-state index contributed by atoms with van der Waals surface area (Å²) < 4.78 is 1.66. The van der Waals surface area contributed by atoms with Crippen molar-refractivity contribution in [3.8, 4) is 0 Å². The molecule has 0 radical (unpaired) electrons. The summed E-state index contributed by atoms with van der Waals surface area (Å²) in [7, 11) is 0. The van der Waals surface area contributed by atoms with Gasteiger partial charge >= 0.3 is 0 Å². The van der Waals surface area contributed by atoms with Crippen molar-refractivity contribution in [3.63, 3.8) is 0 Å². The standard InChI is InChI=1S/C7H6N6S2/c8-6-10-4(2-14-6)1-5-12-13-3-9-11-7(13)15-5/h2-3H,1H2,(H2,8,10). The zero-order valence-electron chi connectivity index (χ0n) is 7.49. The minimum atomic E-state index is 0.591. The van der Waals surface area contributed by atoms with Crippen molar-refractivity contribution in [3.05, 3.63) is 22.4 Å². The molecule has 0 fully saturated rings. The SMILES string of the molecule is Nc1nc(Cc2nn3cnnc3s2)cs1. The van der Waals surface area contributed by atoms with E-state index in [1.165, 1.54) is 22.7 Å². The van der Waals surface area contributed by atoms with Crippen LogP contribution in [-0.4, -0.2) is 24.8 Å². The second-order valence-electron chi connectivity index (χ2n) is 2.91. The molecule has 0 unspecified atom stereocenters. The van der Waals surface area contributed by atoms with Crippen LogP contribution in [0.3, 0.4) is 0 Å². The highest BCUT2D eigenvalue weighted by molar-refractivity contribution is 7.16. The Morgan fingerprint density at radius 1 is 1.47 bits per heavy atom. The third-order valence-corrected chi connectivity index (χ3v) is 3.47. The van der Waals surface area contributed by atoms with Gasteiger partial charge in [-0.3, -0.25) is 0 Å². The molecule has 8 heteroatoms. The topological polar surface area (TPSA) is 82.0 Å². The Balaban J connectivity index is 1.92. The Hall–Kier alpha value is -1.54. The van der Waals surface area contributed by atoms with Crippen molar-refractivity contribution in [1.82, 2.24) is 24.8 Å². The Kier molecular flexibility index (Phi) is 1.89. The molecule has 0 spiro atoms. The largest absolute Gasteiger partial charge is 0.375 e. The van der Waals surface area contributed by atoms with Gasteiger partial charge < -0.3 is 5.73 Å². The van der Waals surface area contributed by atoms with Gasteiger partial charge in [0.2, 0.25) is 4.96 Å². The van der Waals surface area contributed by atoms with Gasteiger partial charge in [-0.15, -0.1) is 21.5 Å². The van der Waals surface area contributed by atoms with Crippen LogP contribution in [0.25, 0.3) is 4.96 Å². The minimum absolute atomic E-state index is 0.591. The average Bonchev–Trinajstić information content (AvgIpc) is 2.81. The first-order valence-corrected chi connectivity index (χ1v) is 5.86. The summed E-state index contributed by atoms with van der Waals surface area (Å²) in [5.74, 6) is 0. The van der Waals surface area contributed by atoms with E-state index in [0.717, 1.165) is 15.7 Å². The molecule has 76 valence electrons. The first kappa shape index (κ1) is 8.74. The molecular formula is C7H6N6S2. The average molecular weight is 238 g/mol. The van der Waals surface area contributed by atoms with Crippen LogP contribution in [0.5, 0.6) is 0 Å². The number of nitrogens with zero attached hydrogens (tertiary/aromatic N) is 5. The number of hydrogen-bond donors (Lipinski definition) is 1. The molecule has 3 heterocycles. The van der Waals surface area contributed by atoms with Gasteiger partial charge in [-0.25, -0.2) is 4.98 Å². The number of thiazole rings is 1. The Morgan fingerprint density at radius 3 is 3.13 bits per heavy atom. The molecule has 3 aromatic rings. The number of anilines is 1. The highest BCUT2D eigenvalue weighted by Gasteiger charge is 2.07. The van der Waals surface area contributed by atoms with Crippen molar-refractivity contribution in [2.24, 2.45) is 0 Å². The van der Waals surface area contributed by atoms with E-state index in [1.807, 2.05) is 5.38 Å². The van der Waals surface area contributed by atoms with Crippen LogP contribution in [-0.2, 0) is 6.42 Å². The maximum atomic E-state index is 5.55. The van der Waals surface area contributed by atoms with Crippen LogP contribution in [0, 0.1) is 0 Å². The summed E-state index contributed by atoms with van der Waals surface area (Å²) >= 11 is 2.95.